The molecule has 0 saturated heterocycles. The number of para-hydroxylation sites is 5. The molecule has 0 unspecified atom stereocenters. The fraction of sp³-hybridized carbons (Fsp3) is 0. The fourth-order valence-corrected chi connectivity index (χ4v) is 8.83. The van der Waals surface area contributed by atoms with Crippen LogP contribution in [0.4, 0.5) is 5.69 Å². The normalized spacial score (nSPS) is 11.6. The van der Waals surface area contributed by atoms with E-state index in [4.69, 9.17) is 6.57 Å². The van der Waals surface area contributed by atoms with Gasteiger partial charge in [-0.2, -0.15) is 5.26 Å². The Labute approximate surface area is 316 Å². The van der Waals surface area contributed by atoms with Crippen LogP contribution in [-0.2, 0) is 0 Å². The molecule has 0 atom stereocenters. The molecule has 0 fully saturated rings. The minimum absolute atomic E-state index is 0.576. The van der Waals surface area contributed by atoms with Crippen molar-refractivity contribution in [2.75, 3.05) is 0 Å². The monoisotopic (exact) mass is 699 g/mol. The third-order valence-corrected chi connectivity index (χ3v) is 11.1. The number of benzene rings is 8. The van der Waals surface area contributed by atoms with E-state index in [1.54, 1.807) is 0 Å². The van der Waals surface area contributed by atoms with E-state index < -0.39 is 0 Å². The molecular weight excluding hydrogens is 671 g/mol. The van der Waals surface area contributed by atoms with E-state index in [2.05, 4.69) is 164 Å². The first kappa shape index (κ1) is 30.7. The van der Waals surface area contributed by atoms with E-state index in [1.807, 2.05) is 36.4 Å². The summed E-state index contributed by atoms with van der Waals surface area (Å²) in [6.07, 6.45) is 0. The Hall–Kier alpha value is -7.86. The molecule has 0 aliphatic carbocycles. The van der Waals surface area contributed by atoms with Gasteiger partial charge in [0.2, 0.25) is 0 Å². The molecule has 0 radical (unpaired) electrons. The van der Waals surface area contributed by atoms with Gasteiger partial charge in [-0.05, 0) is 77.9 Å². The summed E-state index contributed by atoms with van der Waals surface area (Å²) in [5.74, 6) is 0. The Bertz CT molecular complexity index is 3420. The Morgan fingerprint density at radius 2 is 1.00 bits per heavy atom. The van der Waals surface area contributed by atoms with Gasteiger partial charge in [0, 0.05) is 43.7 Å². The van der Waals surface area contributed by atoms with E-state index in [0.717, 1.165) is 66.4 Å². The molecule has 11 aromatic rings. The lowest BCUT2D eigenvalue weighted by atomic mass is 10.0. The predicted molar refractivity (Wildman–Crippen MR) is 226 cm³/mol. The number of rotatable bonds is 4. The van der Waals surface area contributed by atoms with Crippen LogP contribution in [0.15, 0.2) is 176 Å². The van der Waals surface area contributed by atoms with Crippen LogP contribution >= 0.6 is 0 Å². The van der Waals surface area contributed by atoms with Gasteiger partial charge in [0.25, 0.3) is 0 Å². The minimum atomic E-state index is 0.576. The zero-order valence-electron chi connectivity index (χ0n) is 29.5. The number of aromatic nitrogens is 3. The molecule has 254 valence electrons. The molecule has 0 bridgehead atoms. The Morgan fingerprint density at radius 3 is 1.69 bits per heavy atom. The molecule has 5 nitrogen and oxygen atoms in total. The minimum Gasteiger partial charge on any atom is -0.309 e. The third-order valence-electron chi connectivity index (χ3n) is 11.1. The highest BCUT2D eigenvalue weighted by atomic mass is 15.0. The molecule has 5 heteroatoms. The highest BCUT2D eigenvalue weighted by Gasteiger charge is 2.21. The topological polar surface area (TPSA) is 42.9 Å². The highest BCUT2D eigenvalue weighted by Crippen LogP contribution is 2.42. The van der Waals surface area contributed by atoms with Gasteiger partial charge < -0.3 is 13.7 Å². The first-order chi connectivity index (χ1) is 27.2. The largest absolute Gasteiger partial charge is 0.309 e. The van der Waals surface area contributed by atoms with Crippen molar-refractivity contribution in [1.82, 2.24) is 13.7 Å². The van der Waals surface area contributed by atoms with E-state index >= 15 is 0 Å². The number of fused-ring (bicyclic) bond motifs is 9. The SMILES string of the molecule is [C-]#[N+]c1ccc(-n2c3ccccc3c3c(-n4c5ccccc5c5ccccc54)cccc32)cc1-c1cccc(-n2c3ccccc3c3cccc(C#N)c32)c1. The third kappa shape index (κ3) is 4.39. The van der Waals surface area contributed by atoms with Crippen molar-refractivity contribution < 1.29 is 0 Å². The molecule has 0 spiro atoms. The van der Waals surface area contributed by atoms with Crippen molar-refractivity contribution in [3.05, 3.63) is 193 Å². The van der Waals surface area contributed by atoms with Gasteiger partial charge in [-0.15, -0.1) is 0 Å². The van der Waals surface area contributed by atoms with Crippen LogP contribution in [-0.4, -0.2) is 13.7 Å². The smallest absolute Gasteiger partial charge is 0.195 e. The molecule has 0 aliphatic rings. The average molecular weight is 700 g/mol. The first-order valence-electron chi connectivity index (χ1n) is 18.3. The summed E-state index contributed by atoms with van der Waals surface area (Å²) in [7, 11) is 0. The fourth-order valence-electron chi connectivity index (χ4n) is 8.83. The van der Waals surface area contributed by atoms with Crippen LogP contribution in [0.3, 0.4) is 0 Å². The maximum atomic E-state index is 10.2. The molecule has 0 aliphatic heterocycles. The number of hydrogen-bond acceptors (Lipinski definition) is 1. The van der Waals surface area contributed by atoms with E-state index in [9.17, 15) is 5.26 Å². The summed E-state index contributed by atoms with van der Waals surface area (Å²) >= 11 is 0. The maximum Gasteiger partial charge on any atom is 0.195 e. The van der Waals surface area contributed by atoms with Crippen molar-refractivity contribution >= 4 is 71.1 Å². The Balaban J connectivity index is 1.15. The number of hydrogen-bond donors (Lipinski definition) is 0. The standard InChI is InChI=1S/C50H29N5/c1-52-42-28-27-35(30-41(42)32-13-10-15-34(29-32)54-43-21-6-4-18-38(43)39-20-11-14-33(31-51)50(39)54)53-46-24-9-5-19-40(46)49-47(53)25-12-26-48(49)55-44-22-7-2-16-36(44)37-17-3-8-23-45(37)55/h2-30H. The average Bonchev–Trinajstić information content (AvgIpc) is 3.89. The maximum absolute atomic E-state index is 10.2. The van der Waals surface area contributed by atoms with Crippen LogP contribution in [0, 0.1) is 17.9 Å². The van der Waals surface area contributed by atoms with Crippen LogP contribution in [0.2, 0.25) is 0 Å². The lowest BCUT2D eigenvalue weighted by Gasteiger charge is -2.14. The molecule has 0 saturated carbocycles. The van der Waals surface area contributed by atoms with Crippen LogP contribution in [0.5, 0.6) is 0 Å². The molecule has 8 aromatic carbocycles. The molecule has 0 amide bonds. The highest BCUT2D eigenvalue weighted by molar-refractivity contribution is 6.16. The Morgan fingerprint density at radius 1 is 0.455 bits per heavy atom. The predicted octanol–water partition coefficient (Wildman–Crippen LogP) is 13.1. The zero-order valence-corrected chi connectivity index (χ0v) is 29.5. The second-order valence-electron chi connectivity index (χ2n) is 13.9. The van der Waals surface area contributed by atoms with Crippen molar-refractivity contribution in [1.29, 1.82) is 5.26 Å². The summed E-state index contributed by atoms with van der Waals surface area (Å²) in [6.45, 7) is 8.22. The summed E-state index contributed by atoms with van der Waals surface area (Å²) in [5, 5.41) is 17.1. The zero-order chi connectivity index (χ0) is 36.6. The quantitative estimate of drug-likeness (QED) is 0.169. The summed E-state index contributed by atoms with van der Waals surface area (Å²) in [4.78, 5) is 4.01. The number of nitriles is 1. The molecule has 3 aromatic heterocycles. The van der Waals surface area contributed by atoms with Crippen molar-refractivity contribution in [2.24, 2.45) is 0 Å². The van der Waals surface area contributed by atoms with Gasteiger partial charge in [0.1, 0.15) is 6.07 Å². The van der Waals surface area contributed by atoms with Gasteiger partial charge in [0.15, 0.2) is 5.69 Å². The van der Waals surface area contributed by atoms with Gasteiger partial charge >= 0.3 is 0 Å². The van der Waals surface area contributed by atoms with Crippen molar-refractivity contribution in [3.63, 3.8) is 0 Å². The molecule has 55 heavy (non-hydrogen) atoms. The van der Waals surface area contributed by atoms with Crippen LogP contribution in [0.1, 0.15) is 5.56 Å². The van der Waals surface area contributed by atoms with E-state index in [0.29, 0.717) is 11.3 Å². The molecular formula is C50H29N5. The van der Waals surface area contributed by atoms with Crippen molar-refractivity contribution in [2.45, 2.75) is 0 Å². The number of nitrogens with zero attached hydrogens (tertiary/aromatic N) is 5. The van der Waals surface area contributed by atoms with Gasteiger partial charge in [-0.1, -0.05) is 109 Å². The van der Waals surface area contributed by atoms with Gasteiger partial charge in [-0.25, -0.2) is 4.85 Å². The second kappa shape index (κ2) is 11.8. The second-order valence-corrected chi connectivity index (χ2v) is 13.9. The lowest BCUT2D eigenvalue weighted by Crippen LogP contribution is -1.98. The van der Waals surface area contributed by atoms with Gasteiger partial charge in [0.05, 0.1) is 50.9 Å². The summed E-state index contributed by atoms with van der Waals surface area (Å²) < 4.78 is 6.90. The van der Waals surface area contributed by atoms with E-state index in [-0.39, 0.29) is 0 Å². The first-order valence-corrected chi connectivity index (χ1v) is 18.3. The lowest BCUT2D eigenvalue weighted by molar-refractivity contribution is 1.17. The summed E-state index contributed by atoms with van der Waals surface area (Å²) in [6, 6.07) is 63.5. The van der Waals surface area contributed by atoms with Crippen molar-refractivity contribution in [3.8, 4) is 34.3 Å². The molecule has 3 heterocycles. The van der Waals surface area contributed by atoms with Crippen LogP contribution in [0.25, 0.3) is 98.5 Å². The van der Waals surface area contributed by atoms with E-state index in [1.165, 1.54) is 27.2 Å². The summed E-state index contributed by atoms with van der Waals surface area (Å²) in [5.41, 5.74) is 12.4. The Kier molecular flexibility index (Phi) is 6.61. The van der Waals surface area contributed by atoms with Crippen LogP contribution < -0.4 is 0 Å². The van der Waals surface area contributed by atoms with Gasteiger partial charge in [-0.3, -0.25) is 0 Å². The molecule has 0 N–H and O–H groups in total. The molecule has 11 rings (SSSR count).